The number of halogens is 1. The van der Waals surface area contributed by atoms with Gasteiger partial charge in [0.1, 0.15) is 5.82 Å². The van der Waals surface area contributed by atoms with Gasteiger partial charge < -0.3 is 5.32 Å². The lowest BCUT2D eigenvalue weighted by Gasteiger charge is -2.06. The molecule has 3 aromatic rings. The summed E-state index contributed by atoms with van der Waals surface area (Å²) in [6.07, 6.45) is 0.858. The minimum absolute atomic E-state index is 0.0557. The topological polar surface area (TPSA) is 46.2 Å². The van der Waals surface area contributed by atoms with Gasteiger partial charge >= 0.3 is 0 Å². The van der Waals surface area contributed by atoms with Crippen molar-refractivity contribution in [2.45, 2.75) is 19.3 Å². The summed E-state index contributed by atoms with van der Waals surface area (Å²) < 4.78 is 13.1. The van der Waals surface area contributed by atoms with Gasteiger partial charge in [0.05, 0.1) is 0 Å². The maximum absolute atomic E-state index is 13.1. The quantitative estimate of drug-likeness (QED) is 0.574. The predicted molar refractivity (Wildman–Crippen MR) is 109 cm³/mol. The molecule has 142 valence electrons. The third-order valence-corrected chi connectivity index (χ3v) is 4.52. The highest BCUT2D eigenvalue weighted by atomic mass is 19.1. The number of hydrogen-bond acceptors (Lipinski definition) is 2. The third-order valence-electron chi connectivity index (χ3n) is 4.52. The Balaban J connectivity index is 1.44. The molecule has 0 fully saturated rings. The lowest BCUT2D eigenvalue weighted by molar-refractivity contribution is -0.121. The van der Waals surface area contributed by atoms with Crippen LogP contribution in [0.4, 0.5) is 4.39 Å². The van der Waals surface area contributed by atoms with Crippen LogP contribution in [0.15, 0.2) is 78.9 Å². The summed E-state index contributed by atoms with van der Waals surface area (Å²) in [5, 5.41) is 2.77. The van der Waals surface area contributed by atoms with Crippen LogP contribution in [0, 0.1) is 5.82 Å². The Kier molecular flexibility index (Phi) is 6.68. The molecule has 0 saturated heterocycles. The smallest absolute Gasteiger partial charge is 0.220 e. The molecule has 28 heavy (non-hydrogen) atoms. The van der Waals surface area contributed by atoms with Crippen LogP contribution in [-0.4, -0.2) is 18.2 Å². The van der Waals surface area contributed by atoms with E-state index < -0.39 is 0 Å². The molecule has 0 aliphatic carbocycles. The molecule has 0 aliphatic rings. The highest BCUT2D eigenvalue weighted by Gasteiger charge is 2.09. The average molecular weight is 375 g/mol. The normalized spacial score (nSPS) is 10.5. The standard InChI is InChI=1S/C24H22FNO2/c25-22-8-4-5-18(17-22)15-16-26-24(28)14-13-23(27)21-11-9-20(10-12-21)19-6-2-1-3-7-19/h1-12,17H,13-16H2,(H,26,28). The fourth-order valence-electron chi connectivity index (χ4n) is 2.98. The lowest BCUT2D eigenvalue weighted by atomic mass is 10.0. The van der Waals surface area contributed by atoms with Crippen molar-refractivity contribution in [3.63, 3.8) is 0 Å². The van der Waals surface area contributed by atoms with Gasteiger partial charge in [-0.15, -0.1) is 0 Å². The highest BCUT2D eigenvalue weighted by molar-refractivity contribution is 5.98. The molecule has 0 spiro atoms. The number of ketones is 1. The second-order valence-corrected chi connectivity index (χ2v) is 6.60. The molecule has 1 amide bonds. The zero-order valence-electron chi connectivity index (χ0n) is 15.5. The molecule has 0 aromatic heterocycles. The molecule has 3 rings (SSSR count). The van der Waals surface area contributed by atoms with Gasteiger partial charge in [0.25, 0.3) is 0 Å². The second kappa shape index (κ2) is 9.60. The van der Waals surface area contributed by atoms with Gasteiger partial charge in [0.2, 0.25) is 5.91 Å². The van der Waals surface area contributed by atoms with E-state index in [2.05, 4.69) is 5.32 Å². The molecule has 0 unspecified atom stereocenters. The van der Waals surface area contributed by atoms with Gasteiger partial charge in [-0.3, -0.25) is 9.59 Å². The number of hydrogen-bond donors (Lipinski definition) is 1. The zero-order valence-corrected chi connectivity index (χ0v) is 15.5. The number of carbonyl (C=O) groups is 2. The van der Waals surface area contributed by atoms with E-state index in [0.29, 0.717) is 18.5 Å². The van der Waals surface area contributed by atoms with E-state index in [0.717, 1.165) is 16.7 Å². The Hall–Kier alpha value is -3.27. The van der Waals surface area contributed by atoms with Gasteiger partial charge in [0.15, 0.2) is 5.78 Å². The van der Waals surface area contributed by atoms with Crippen molar-refractivity contribution in [2.75, 3.05) is 6.54 Å². The third kappa shape index (κ3) is 5.61. The Morgan fingerprint density at radius 3 is 2.21 bits per heavy atom. The maximum Gasteiger partial charge on any atom is 0.220 e. The van der Waals surface area contributed by atoms with Crippen molar-refractivity contribution >= 4 is 11.7 Å². The number of benzene rings is 3. The van der Waals surface area contributed by atoms with Crippen LogP contribution >= 0.6 is 0 Å². The molecule has 0 radical (unpaired) electrons. The first-order chi connectivity index (χ1) is 13.6. The largest absolute Gasteiger partial charge is 0.356 e. The molecule has 0 bridgehead atoms. The maximum atomic E-state index is 13.1. The fourth-order valence-corrected chi connectivity index (χ4v) is 2.98. The summed E-state index contributed by atoms with van der Waals surface area (Å²) >= 11 is 0. The number of carbonyl (C=O) groups excluding carboxylic acids is 2. The Morgan fingerprint density at radius 1 is 0.786 bits per heavy atom. The average Bonchev–Trinajstić information content (AvgIpc) is 2.73. The van der Waals surface area contributed by atoms with Crippen molar-refractivity contribution < 1.29 is 14.0 Å². The number of rotatable bonds is 8. The Morgan fingerprint density at radius 2 is 1.50 bits per heavy atom. The minimum atomic E-state index is -0.285. The molecule has 3 aromatic carbocycles. The van der Waals surface area contributed by atoms with Crippen LogP contribution in [0.2, 0.25) is 0 Å². The zero-order chi connectivity index (χ0) is 19.8. The van der Waals surface area contributed by atoms with Crippen molar-refractivity contribution in [1.82, 2.24) is 5.32 Å². The minimum Gasteiger partial charge on any atom is -0.356 e. The van der Waals surface area contributed by atoms with Crippen molar-refractivity contribution in [3.8, 4) is 11.1 Å². The molecule has 4 heteroatoms. The van der Waals surface area contributed by atoms with E-state index in [-0.39, 0.29) is 30.3 Å². The summed E-state index contributed by atoms with van der Waals surface area (Å²) in [4.78, 5) is 24.2. The summed E-state index contributed by atoms with van der Waals surface area (Å²) in [6, 6.07) is 23.7. The summed E-state index contributed by atoms with van der Waals surface area (Å²) in [5.74, 6) is -0.516. The fraction of sp³-hybridized carbons (Fsp3) is 0.167. The Bertz CT molecular complexity index is 936. The van der Waals surface area contributed by atoms with Crippen LogP contribution in [0.3, 0.4) is 0 Å². The molecule has 1 N–H and O–H groups in total. The van der Waals surface area contributed by atoms with E-state index in [1.54, 1.807) is 18.2 Å². The van der Waals surface area contributed by atoms with E-state index in [1.165, 1.54) is 12.1 Å². The monoisotopic (exact) mass is 375 g/mol. The van der Waals surface area contributed by atoms with E-state index in [4.69, 9.17) is 0 Å². The highest BCUT2D eigenvalue weighted by Crippen LogP contribution is 2.19. The summed E-state index contributed by atoms with van der Waals surface area (Å²) in [6.45, 7) is 0.419. The van der Waals surface area contributed by atoms with Crippen LogP contribution in [0.1, 0.15) is 28.8 Å². The molecule has 0 heterocycles. The van der Waals surface area contributed by atoms with Gasteiger partial charge in [-0.1, -0.05) is 66.7 Å². The van der Waals surface area contributed by atoms with Gasteiger partial charge in [-0.2, -0.15) is 0 Å². The molecular weight excluding hydrogens is 353 g/mol. The molecule has 0 aliphatic heterocycles. The number of amides is 1. The van der Waals surface area contributed by atoms with Gasteiger partial charge in [0, 0.05) is 24.9 Å². The molecule has 0 saturated carbocycles. The van der Waals surface area contributed by atoms with Crippen molar-refractivity contribution in [3.05, 3.63) is 95.8 Å². The molecular formula is C24H22FNO2. The Labute approximate surface area is 164 Å². The van der Waals surface area contributed by atoms with Crippen molar-refractivity contribution in [1.29, 1.82) is 0 Å². The van der Waals surface area contributed by atoms with E-state index in [9.17, 15) is 14.0 Å². The van der Waals surface area contributed by atoms with E-state index >= 15 is 0 Å². The van der Waals surface area contributed by atoms with Crippen LogP contribution in [0.25, 0.3) is 11.1 Å². The number of Topliss-reactive ketones (excluding diaryl/α,β-unsaturated/α-hetero) is 1. The van der Waals surface area contributed by atoms with Crippen LogP contribution < -0.4 is 5.32 Å². The second-order valence-electron chi connectivity index (χ2n) is 6.60. The first-order valence-electron chi connectivity index (χ1n) is 9.31. The van der Waals surface area contributed by atoms with Crippen LogP contribution in [0.5, 0.6) is 0 Å². The lowest BCUT2D eigenvalue weighted by Crippen LogP contribution is -2.26. The van der Waals surface area contributed by atoms with Crippen molar-refractivity contribution in [2.24, 2.45) is 0 Å². The summed E-state index contributed by atoms with van der Waals surface area (Å²) in [5.41, 5.74) is 3.58. The summed E-state index contributed by atoms with van der Waals surface area (Å²) in [7, 11) is 0. The van der Waals surface area contributed by atoms with Gasteiger partial charge in [-0.05, 0) is 35.2 Å². The first-order valence-corrected chi connectivity index (χ1v) is 9.31. The molecule has 3 nitrogen and oxygen atoms in total. The molecule has 0 atom stereocenters. The van der Waals surface area contributed by atoms with E-state index in [1.807, 2.05) is 48.5 Å². The number of nitrogens with one attached hydrogen (secondary N) is 1. The SMILES string of the molecule is O=C(CCC(=O)c1ccc(-c2ccccc2)cc1)NCCc1cccc(F)c1. The first kappa shape index (κ1) is 19.5. The van der Waals surface area contributed by atoms with Gasteiger partial charge in [-0.25, -0.2) is 4.39 Å². The predicted octanol–water partition coefficient (Wildman–Crippen LogP) is 4.81. The van der Waals surface area contributed by atoms with Crippen LogP contribution in [-0.2, 0) is 11.2 Å².